The van der Waals surface area contributed by atoms with Crippen LogP contribution in [0.2, 0.25) is 0 Å². The van der Waals surface area contributed by atoms with Gasteiger partial charge in [0.25, 0.3) is 0 Å². The van der Waals surface area contributed by atoms with Crippen LogP contribution in [0, 0.1) is 0 Å². The molecule has 1 rings (SSSR count). The molecule has 0 spiro atoms. The van der Waals surface area contributed by atoms with Gasteiger partial charge >= 0.3 is 5.97 Å². The van der Waals surface area contributed by atoms with Gasteiger partial charge in [0.15, 0.2) is 0 Å². The Morgan fingerprint density at radius 3 is 2.81 bits per heavy atom. The molecule has 1 saturated heterocycles. The summed E-state index contributed by atoms with van der Waals surface area (Å²) in [5.74, 6) is -0.319. The molecule has 1 atom stereocenters. The van der Waals surface area contributed by atoms with Crippen LogP contribution in [-0.2, 0) is 14.3 Å². The topological polar surface area (TPSA) is 58.6 Å². The molecule has 1 heterocycles. The molecule has 1 amide bonds. The second kappa shape index (κ2) is 4.82. The van der Waals surface area contributed by atoms with E-state index in [1.165, 1.54) is 0 Å². The third kappa shape index (κ3) is 2.35. The minimum atomic E-state index is -0.662. The molecule has 5 heteroatoms. The maximum atomic E-state index is 11.7. The van der Waals surface area contributed by atoms with Gasteiger partial charge in [-0.3, -0.25) is 14.5 Å². The fourth-order valence-electron chi connectivity index (χ4n) is 1.98. The van der Waals surface area contributed by atoms with E-state index in [1.807, 2.05) is 18.7 Å². The monoisotopic (exact) mass is 228 g/mol. The molecule has 0 aromatic heterocycles. The first-order chi connectivity index (χ1) is 7.41. The van der Waals surface area contributed by atoms with E-state index in [2.05, 4.69) is 5.32 Å². The van der Waals surface area contributed by atoms with Gasteiger partial charge in [-0.25, -0.2) is 0 Å². The molecule has 1 aliphatic rings. The number of carbonyl (C=O) groups is 2. The molecule has 0 aromatic rings. The molecule has 0 aliphatic carbocycles. The largest absolute Gasteiger partial charge is 0.465 e. The van der Waals surface area contributed by atoms with Crippen molar-refractivity contribution in [2.45, 2.75) is 39.3 Å². The van der Waals surface area contributed by atoms with Gasteiger partial charge in [-0.05, 0) is 27.7 Å². The van der Waals surface area contributed by atoms with Gasteiger partial charge in [-0.15, -0.1) is 0 Å². The smallest absolute Gasteiger partial charge is 0.323 e. The highest BCUT2D eigenvalue weighted by Crippen LogP contribution is 2.21. The van der Waals surface area contributed by atoms with Crippen molar-refractivity contribution in [3.8, 4) is 0 Å². The van der Waals surface area contributed by atoms with E-state index in [-0.39, 0.29) is 17.9 Å². The van der Waals surface area contributed by atoms with E-state index in [9.17, 15) is 9.59 Å². The van der Waals surface area contributed by atoms with Crippen molar-refractivity contribution in [3.05, 3.63) is 0 Å². The highest BCUT2D eigenvalue weighted by atomic mass is 16.5. The van der Waals surface area contributed by atoms with Gasteiger partial charge in [0.05, 0.1) is 12.1 Å². The fraction of sp³-hybridized carbons (Fsp3) is 0.818. The van der Waals surface area contributed by atoms with Crippen LogP contribution >= 0.6 is 0 Å². The summed E-state index contributed by atoms with van der Waals surface area (Å²) in [5, 5.41) is 2.80. The van der Waals surface area contributed by atoms with Crippen molar-refractivity contribution < 1.29 is 14.3 Å². The lowest BCUT2D eigenvalue weighted by Gasteiger charge is -2.43. The van der Waals surface area contributed by atoms with Gasteiger partial charge in [-0.1, -0.05) is 0 Å². The average molecular weight is 228 g/mol. The predicted octanol–water partition coefficient (Wildman–Crippen LogP) is 0.148. The first-order valence-electron chi connectivity index (χ1n) is 5.63. The van der Waals surface area contributed by atoms with E-state index in [0.29, 0.717) is 19.7 Å². The summed E-state index contributed by atoms with van der Waals surface area (Å²) in [6.07, 6.45) is 0. The molecule has 0 saturated carbocycles. The van der Waals surface area contributed by atoms with E-state index < -0.39 is 5.54 Å². The summed E-state index contributed by atoms with van der Waals surface area (Å²) in [6, 6.07) is -0.388. The quantitative estimate of drug-likeness (QED) is 0.698. The molecular formula is C11H20N2O3. The minimum Gasteiger partial charge on any atom is -0.465 e. The summed E-state index contributed by atoms with van der Waals surface area (Å²) in [6.45, 7) is 8.79. The number of ether oxygens (including phenoxy) is 1. The summed E-state index contributed by atoms with van der Waals surface area (Å²) < 4.78 is 4.97. The van der Waals surface area contributed by atoms with Crippen LogP contribution in [-0.4, -0.2) is 48.1 Å². The van der Waals surface area contributed by atoms with Crippen LogP contribution in [0.15, 0.2) is 0 Å². The molecular weight excluding hydrogens is 208 g/mol. The van der Waals surface area contributed by atoms with Crippen molar-refractivity contribution in [1.82, 2.24) is 10.2 Å². The molecule has 0 bridgehead atoms. The third-order valence-corrected chi connectivity index (χ3v) is 3.01. The Labute approximate surface area is 96.1 Å². The Hall–Kier alpha value is -1.10. The van der Waals surface area contributed by atoms with Crippen molar-refractivity contribution in [3.63, 3.8) is 0 Å². The Morgan fingerprint density at radius 1 is 1.62 bits per heavy atom. The molecule has 1 unspecified atom stereocenters. The second-order valence-electron chi connectivity index (χ2n) is 4.44. The minimum absolute atomic E-state index is 0.0464. The van der Waals surface area contributed by atoms with Crippen LogP contribution < -0.4 is 5.32 Å². The third-order valence-electron chi connectivity index (χ3n) is 3.01. The lowest BCUT2D eigenvalue weighted by Crippen LogP contribution is -2.65. The van der Waals surface area contributed by atoms with E-state index >= 15 is 0 Å². The van der Waals surface area contributed by atoms with Crippen molar-refractivity contribution in [1.29, 1.82) is 0 Å². The van der Waals surface area contributed by atoms with Gasteiger partial charge in [0.2, 0.25) is 5.91 Å². The number of amides is 1. The number of nitrogens with zero attached hydrogens (tertiary/aromatic N) is 1. The summed E-state index contributed by atoms with van der Waals surface area (Å²) in [4.78, 5) is 25.2. The summed E-state index contributed by atoms with van der Waals surface area (Å²) in [5.41, 5.74) is -0.662. The van der Waals surface area contributed by atoms with Gasteiger partial charge in [-0.2, -0.15) is 0 Å². The average Bonchev–Trinajstić information content (AvgIpc) is 2.21. The van der Waals surface area contributed by atoms with E-state index in [1.54, 1.807) is 13.8 Å². The van der Waals surface area contributed by atoms with Crippen LogP contribution in [0.25, 0.3) is 0 Å². The van der Waals surface area contributed by atoms with Crippen molar-refractivity contribution >= 4 is 11.9 Å². The fourth-order valence-corrected chi connectivity index (χ4v) is 1.98. The maximum absolute atomic E-state index is 11.7. The lowest BCUT2D eigenvalue weighted by molar-refractivity contribution is -0.155. The molecule has 1 aliphatic heterocycles. The Kier molecular flexibility index (Phi) is 3.91. The zero-order valence-electron chi connectivity index (χ0n) is 10.4. The second-order valence-corrected chi connectivity index (χ2v) is 4.44. The molecule has 5 nitrogen and oxygen atoms in total. The summed E-state index contributed by atoms with van der Waals surface area (Å²) >= 11 is 0. The SMILES string of the molecule is CCOC(=O)C(C)N1CCNC(=O)C1(C)C. The standard InChI is InChI=1S/C11H20N2O3/c1-5-16-9(14)8(2)13-7-6-12-10(15)11(13,3)4/h8H,5-7H2,1-4H3,(H,12,15). The highest BCUT2D eigenvalue weighted by molar-refractivity contribution is 5.87. The number of hydrogen-bond acceptors (Lipinski definition) is 4. The van der Waals surface area contributed by atoms with Crippen molar-refractivity contribution in [2.75, 3.05) is 19.7 Å². The Bertz CT molecular complexity index is 289. The normalized spacial score (nSPS) is 22.4. The highest BCUT2D eigenvalue weighted by Gasteiger charge is 2.42. The van der Waals surface area contributed by atoms with Crippen molar-refractivity contribution in [2.24, 2.45) is 0 Å². The number of hydrogen-bond donors (Lipinski definition) is 1. The molecule has 16 heavy (non-hydrogen) atoms. The first kappa shape index (κ1) is 13.0. The molecule has 0 aromatic carbocycles. The Morgan fingerprint density at radius 2 is 2.25 bits per heavy atom. The molecule has 0 radical (unpaired) electrons. The molecule has 1 fully saturated rings. The maximum Gasteiger partial charge on any atom is 0.323 e. The first-order valence-corrected chi connectivity index (χ1v) is 5.63. The molecule has 1 N–H and O–H groups in total. The van der Waals surface area contributed by atoms with Crippen LogP contribution in [0.4, 0.5) is 0 Å². The number of carbonyl (C=O) groups excluding carboxylic acids is 2. The predicted molar refractivity (Wildman–Crippen MR) is 59.9 cm³/mol. The van der Waals surface area contributed by atoms with Crippen LogP contribution in [0.5, 0.6) is 0 Å². The lowest BCUT2D eigenvalue weighted by atomic mass is 9.97. The Balaban J connectivity index is 2.77. The molecule has 92 valence electrons. The van der Waals surface area contributed by atoms with E-state index in [0.717, 1.165) is 0 Å². The number of piperazine rings is 1. The number of rotatable bonds is 3. The number of esters is 1. The van der Waals surface area contributed by atoms with Crippen LogP contribution in [0.1, 0.15) is 27.7 Å². The van der Waals surface area contributed by atoms with Gasteiger partial charge < -0.3 is 10.1 Å². The van der Waals surface area contributed by atoms with Crippen LogP contribution in [0.3, 0.4) is 0 Å². The summed E-state index contributed by atoms with van der Waals surface area (Å²) in [7, 11) is 0. The zero-order chi connectivity index (χ0) is 12.3. The zero-order valence-corrected chi connectivity index (χ0v) is 10.4. The van der Waals surface area contributed by atoms with Gasteiger partial charge in [0.1, 0.15) is 6.04 Å². The van der Waals surface area contributed by atoms with E-state index in [4.69, 9.17) is 4.74 Å². The number of nitrogens with one attached hydrogen (secondary N) is 1. The van der Waals surface area contributed by atoms with Gasteiger partial charge in [0, 0.05) is 13.1 Å².